The fourth-order valence-electron chi connectivity index (χ4n) is 5.33. The normalized spacial score (nSPS) is 9.21. The van der Waals surface area contributed by atoms with Gasteiger partial charge in [-0.05, 0) is 138 Å². The second-order valence-electron chi connectivity index (χ2n) is 19.0. The molecule has 0 N–H and O–H groups in total. The van der Waals surface area contributed by atoms with E-state index >= 15 is 0 Å². The maximum atomic E-state index is 11.8. The summed E-state index contributed by atoms with van der Waals surface area (Å²) in [5.41, 5.74) is 1.36. The maximum absolute atomic E-state index is 11.8. The Morgan fingerprint density at radius 2 is 1.10 bits per heavy atom. The van der Waals surface area contributed by atoms with Crippen molar-refractivity contribution in [2.45, 2.75) is 20.8 Å². The summed E-state index contributed by atoms with van der Waals surface area (Å²) in [4.78, 5) is 30.9. The van der Waals surface area contributed by atoms with E-state index in [1.165, 1.54) is 60.9 Å². The molecule has 0 unspecified atom stereocenters. The van der Waals surface area contributed by atoms with Gasteiger partial charge in [-0.1, -0.05) is 29.3 Å². The van der Waals surface area contributed by atoms with E-state index in [2.05, 4.69) is 201 Å². The fraction of sp³-hybridized carbons (Fsp3) is 0.250. The Morgan fingerprint density at radius 3 is 1.25 bits per heavy atom. The molecule has 0 fully saturated rings. The highest BCUT2D eigenvalue weighted by atomic mass is 127. The predicted octanol–water partition coefficient (Wildman–Crippen LogP) is 13.9. The lowest BCUT2D eigenvalue weighted by atomic mass is 10.4. The standard InChI is InChI=1S/2C5H6S.2C4H5BrN2.2C4H5ClN2.2C4H5FN2.2C4H5IN2.2C4H6N2.C4H5NS.C3H4FN3.C3H5N3/c1-5-2-3-6-4-5;1-5-3-2-4-6-5;1-7-2-4(5)6-3-7;1-7-3-4(5)2-6-7;1-7-2-4(5)6-3-7;1-7-3-4(5)2-6-7;1-7-2-4(5)6-3-7;1-7-3-4(5)2-6-7;1-7-2-4(5)6-3-7;1-7-3-4(5)2-6-7;1-6-3-2-5-4-6;1-6-4-2-3-5-6;1-4-5-2-3-6-4;1-7-2-5-3(4)6-7;1-6-3-4-2-5-6/h2*2-4H,1H3;8*2-3H,1H3;2*2-4H,1H3;2-3H,1H3;2H,1H3;2-3H,1H3. The van der Waals surface area contributed by atoms with Gasteiger partial charge < -0.3 is 22.8 Å². The minimum absolute atomic E-state index is 0.289. The Labute approximate surface area is 639 Å². The van der Waals surface area contributed by atoms with Crippen molar-refractivity contribution >= 4 is 134 Å². The second kappa shape index (κ2) is 54.1. The van der Waals surface area contributed by atoms with Crippen LogP contribution in [0.4, 0.5) is 13.2 Å². The number of thiophene rings is 2. The van der Waals surface area contributed by atoms with Crippen molar-refractivity contribution in [1.29, 1.82) is 0 Å². The van der Waals surface area contributed by atoms with Gasteiger partial charge in [-0.25, -0.2) is 34.3 Å². The van der Waals surface area contributed by atoms with Gasteiger partial charge in [0.15, 0.2) is 5.82 Å². The molecule has 15 aromatic rings. The number of aryl methyl sites for hydroxylation is 15. The van der Waals surface area contributed by atoms with Crippen LogP contribution in [0, 0.1) is 45.9 Å². The zero-order valence-electron chi connectivity index (χ0n) is 56.8. The Hall–Kier alpha value is -7.80. The number of halogens is 9. The molecular formula is C60H78Br2Cl2F3I2N27S3. The van der Waals surface area contributed by atoms with Crippen LogP contribution in [-0.2, 0) is 84.6 Å². The number of hydrogen-bond acceptors (Lipinski definition) is 18. The van der Waals surface area contributed by atoms with Crippen molar-refractivity contribution in [2.75, 3.05) is 0 Å². The average Bonchev–Trinajstić information content (AvgIpc) is 2.16. The van der Waals surface area contributed by atoms with Crippen molar-refractivity contribution in [3.63, 3.8) is 0 Å². The summed E-state index contributed by atoms with van der Waals surface area (Å²) in [6.07, 6.45) is 41.3. The molecule has 0 aromatic carbocycles. The number of nitrogens with zero attached hydrogens (tertiary/aromatic N) is 27. The third-order valence-electron chi connectivity index (χ3n) is 9.65. The van der Waals surface area contributed by atoms with Crippen LogP contribution in [-0.4, -0.2) is 131 Å². The monoisotopic (exact) mass is 1810 g/mol. The van der Waals surface area contributed by atoms with Crippen molar-refractivity contribution in [1.82, 2.24) is 131 Å². The highest BCUT2D eigenvalue weighted by Crippen LogP contribution is 2.06. The van der Waals surface area contributed by atoms with Crippen molar-refractivity contribution in [3.8, 4) is 0 Å². The largest absolute Gasteiger partial charge is 0.341 e. The number of imidazole rings is 5. The first-order chi connectivity index (χ1) is 47.0. The molecule has 0 radical (unpaired) electrons. The molecule has 15 rings (SSSR count). The lowest BCUT2D eigenvalue weighted by Gasteiger charge is -1.78. The van der Waals surface area contributed by atoms with Crippen LogP contribution in [0.15, 0.2) is 211 Å². The van der Waals surface area contributed by atoms with Crippen LogP contribution in [0.25, 0.3) is 0 Å². The third kappa shape index (κ3) is 52.9. The molecule has 99 heavy (non-hydrogen) atoms. The highest BCUT2D eigenvalue weighted by Gasteiger charge is 1.92. The van der Waals surface area contributed by atoms with E-state index in [-0.39, 0.29) is 5.82 Å². The summed E-state index contributed by atoms with van der Waals surface area (Å²) >= 11 is 26.9. The summed E-state index contributed by atoms with van der Waals surface area (Å²) in [5.74, 6) is -0.718. The molecule has 534 valence electrons. The number of thiazole rings is 1. The lowest BCUT2D eigenvalue weighted by Crippen LogP contribution is -1.86. The van der Waals surface area contributed by atoms with E-state index in [4.69, 9.17) is 23.2 Å². The fourth-order valence-corrected chi connectivity index (χ4v) is 9.24. The molecule has 0 bridgehead atoms. The van der Waals surface area contributed by atoms with Gasteiger partial charge in [0.05, 0.1) is 86.9 Å². The van der Waals surface area contributed by atoms with E-state index in [1.54, 1.807) is 163 Å². The van der Waals surface area contributed by atoms with E-state index in [0.29, 0.717) is 10.2 Å². The first-order valence-electron chi connectivity index (χ1n) is 28.1. The smallest absolute Gasteiger partial charge is 0.327 e. The summed E-state index contributed by atoms with van der Waals surface area (Å²) in [5, 5.41) is 36.6. The first-order valence-corrected chi connectivity index (χ1v) is 35.3. The first kappa shape index (κ1) is 89.2. The summed E-state index contributed by atoms with van der Waals surface area (Å²) < 4.78 is 59.8. The minimum atomic E-state index is -0.678. The quantitative estimate of drug-likeness (QED) is 0.128. The van der Waals surface area contributed by atoms with E-state index < -0.39 is 12.0 Å². The van der Waals surface area contributed by atoms with E-state index in [1.807, 2.05) is 139 Å². The summed E-state index contributed by atoms with van der Waals surface area (Å²) in [6, 6.07) is 8.15. The zero-order chi connectivity index (χ0) is 73.9. The molecule has 15 heterocycles. The van der Waals surface area contributed by atoms with Crippen LogP contribution in [0.5, 0.6) is 0 Å². The molecule has 39 heteroatoms. The zero-order valence-corrected chi connectivity index (χ0v) is 68.2. The summed E-state index contributed by atoms with van der Waals surface area (Å²) in [6.45, 7) is 6.19. The summed E-state index contributed by atoms with van der Waals surface area (Å²) in [7, 11) is 22.0. The van der Waals surface area contributed by atoms with Gasteiger partial charge in [0, 0.05) is 163 Å². The molecule has 0 aliphatic heterocycles. The van der Waals surface area contributed by atoms with E-state index in [9.17, 15) is 13.2 Å². The van der Waals surface area contributed by atoms with Gasteiger partial charge in [0.25, 0.3) is 0 Å². The van der Waals surface area contributed by atoms with Crippen LogP contribution in [0.1, 0.15) is 15.4 Å². The Kier molecular flexibility index (Phi) is 48.7. The Balaban J connectivity index is 0.000000531. The van der Waals surface area contributed by atoms with Crippen molar-refractivity contribution < 1.29 is 13.2 Å². The Bertz CT molecular complexity index is 3270. The predicted molar refractivity (Wildman–Crippen MR) is 410 cm³/mol. The van der Waals surface area contributed by atoms with Crippen LogP contribution in [0.2, 0.25) is 10.2 Å². The molecule has 0 saturated heterocycles. The highest BCUT2D eigenvalue weighted by molar-refractivity contribution is 14.1. The van der Waals surface area contributed by atoms with Gasteiger partial charge in [-0.15, -0.1) is 27.8 Å². The topological polar surface area (TPSA) is 253 Å². The van der Waals surface area contributed by atoms with Gasteiger partial charge in [0.2, 0.25) is 5.95 Å². The molecule has 0 amide bonds. The van der Waals surface area contributed by atoms with Crippen LogP contribution >= 0.6 is 134 Å². The molecule has 0 saturated carbocycles. The lowest BCUT2D eigenvalue weighted by molar-refractivity contribution is 0.528. The molecule has 0 aliphatic rings. The number of aromatic nitrogens is 27. The van der Waals surface area contributed by atoms with E-state index in [0.717, 1.165) is 17.8 Å². The van der Waals surface area contributed by atoms with Crippen molar-refractivity contribution in [3.05, 3.63) is 262 Å². The van der Waals surface area contributed by atoms with Gasteiger partial charge in [-0.2, -0.15) is 55.7 Å². The average molecular weight is 1820 g/mol. The molecular weight excluding hydrogens is 1740 g/mol. The number of hydrogen-bond donors (Lipinski definition) is 0. The number of rotatable bonds is 0. The SMILES string of the molecule is Cc1cccs1.Cc1ccsc1.Cc1nccs1.Cn1cc(Br)cn1.Cn1cc(Cl)cn1.Cn1cc(F)cn1.Cn1cc(I)cn1.Cn1cccn1.Cn1ccnc1.Cn1cnc(Br)c1.Cn1cnc(Cl)c1.Cn1cnc(F)c1.Cn1cnc(F)n1.Cn1cnc(I)c1.Cn1cncn1. The molecule has 15 aromatic heterocycles. The molecule has 0 aliphatic carbocycles. The van der Waals surface area contributed by atoms with Gasteiger partial charge in [-0.3, -0.25) is 37.8 Å². The maximum Gasteiger partial charge on any atom is 0.327 e. The molecule has 0 atom stereocenters. The Morgan fingerprint density at radius 1 is 0.465 bits per heavy atom. The van der Waals surface area contributed by atoms with Crippen molar-refractivity contribution in [2.24, 2.45) is 84.6 Å². The molecule has 0 spiro atoms. The van der Waals surface area contributed by atoms with Crippen LogP contribution in [0.3, 0.4) is 0 Å². The second-order valence-corrected chi connectivity index (χ2v) is 26.9. The third-order valence-corrected chi connectivity index (χ3v) is 14.3. The minimum Gasteiger partial charge on any atom is -0.341 e. The van der Waals surface area contributed by atoms with Crippen LogP contribution < -0.4 is 0 Å². The molecule has 27 nitrogen and oxygen atoms in total. The van der Waals surface area contributed by atoms with Gasteiger partial charge in [0.1, 0.15) is 32.4 Å². The van der Waals surface area contributed by atoms with Gasteiger partial charge >= 0.3 is 6.08 Å².